The highest BCUT2D eigenvalue weighted by atomic mass is 16.2. The van der Waals surface area contributed by atoms with Crippen molar-refractivity contribution in [1.29, 1.82) is 0 Å². The molecule has 30 heavy (non-hydrogen) atoms. The molecule has 0 saturated heterocycles. The number of aryl methyl sites for hydroxylation is 1. The Morgan fingerprint density at radius 2 is 1.77 bits per heavy atom. The van der Waals surface area contributed by atoms with Crippen molar-refractivity contribution in [2.75, 3.05) is 0 Å². The fourth-order valence-corrected chi connectivity index (χ4v) is 4.15. The topological polar surface area (TPSA) is 61.9 Å². The number of rotatable bonds is 5. The van der Waals surface area contributed by atoms with Crippen LogP contribution in [0.2, 0.25) is 0 Å². The maximum Gasteiger partial charge on any atom is 0.273 e. The molecule has 1 atom stereocenters. The fourth-order valence-electron chi connectivity index (χ4n) is 4.15. The Morgan fingerprint density at radius 3 is 2.47 bits per heavy atom. The average molecular weight is 394 g/mol. The van der Waals surface area contributed by atoms with E-state index in [9.17, 15) is 4.79 Å². The number of H-pyrrole nitrogens is 1. The van der Waals surface area contributed by atoms with Gasteiger partial charge in [0, 0.05) is 30.1 Å². The van der Waals surface area contributed by atoms with E-state index in [0.717, 1.165) is 34.4 Å². The predicted octanol–water partition coefficient (Wildman–Crippen LogP) is 4.78. The van der Waals surface area contributed by atoms with E-state index in [4.69, 9.17) is 0 Å². The predicted molar refractivity (Wildman–Crippen MR) is 116 cm³/mol. The second-order valence-corrected chi connectivity index (χ2v) is 7.52. The number of aromatic amines is 1. The molecule has 5 rings (SSSR count). The van der Waals surface area contributed by atoms with E-state index in [-0.39, 0.29) is 11.9 Å². The van der Waals surface area contributed by atoms with Crippen LogP contribution in [0.1, 0.15) is 45.7 Å². The fraction of sp³-hybridized carbons (Fsp3) is 0.160. The first kappa shape index (κ1) is 18.3. The number of nitrogens with one attached hydrogen (secondary N) is 1. The van der Waals surface area contributed by atoms with Crippen LogP contribution in [0, 0.1) is 0 Å². The molecule has 2 aromatic carbocycles. The average Bonchev–Trinajstić information content (AvgIpc) is 3.35. The number of nitrogens with zero attached hydrogens (tertiary/aromatic N) is 3. The molecule has 3 heterocycles. The first-order valence-electron chi connectivity index (χ1n) is 10.2. The van der Waals surface area contributed by atoms with Crippen LogP contribution in [0.5, 0.6) is 0 Å². The minimum atomic E-state index is -0.201. The van der Waals surface area contributed by atoms with Gasteiger partial charge in [-0.2, -0.15) is 5.10 Å². The number of pyridine rings is 1. The lowest BCUT2D eigenvalue weighted by Crippen LogP contribution is -2.29. The van der Waals surface area contributed by atoms with Crippen molar-refractivity contribution in [1.82, 2.24) is 20.1 Å². The maximum absolute atomic E-state index is 13.4. The highest BCUT2D eigenvalue weighted by molar-refractivity contribution is 6.00. The van der Waals surface area contributed by atoms with Gasteiger partial charge in [-0.1, -0.05) is 67.6 Å². The van der Waals surface area contributed by atoms with E-state index in [1.807, 2.05) is 53.6 Å². The summed E-state index contributed by atoms with van der Waals surface area (Å²) in [6, 6.07) is 22.3. The number of hydrogen-bond donors (Lipinski definition) is 1. The first-order chi connectivity index (χ1) is 14.8. The van der Waals surface area contributed by atoms with Gasteiger partial charge < -0.3 is 4.90 Å². The number of fused-ring (bicyclic) bond motifs is 1. The Balaban J connectivity index is 1.64. The van der Waals surface area contributed by atoms with E-state index in [1.165, 1.54) is 5.56 Å². The molecule has 0 bridgehead atoms. The zero-order chi connectivity index (χ0) is 20.5. The zero-order valence-corrected chi connectivity index (χ0v) is 16.7. The molecule has 0 spiro atoms. The van der Waals surface area contributed by atoms with Gasteiger partial charge >= 0.3 is 0 Å². The van der Waals surface area contributed by atoms with E-state index < -0.39 is 0 Å². The molecule has 0 saturated carbocycles. The number of amides is 1. The molecule has 0 fully saturated rings. The summed E-state index contributed by atoms with van der Waals surface area (Å²) in [5.74, 6) is -0.0342. The van der Waals surface area contributed by atoms with E-state index >= 15 is 0 Å². The number of carbonyl (C=O) groups is 1. The summed E-state index contributed by atoms with van der Waals surface area (Å²) in [5, 5.41) is 7.54. The van der Waals surface area contributed by atoms with Gasteiger partial charge in [0.25, 0.3) is 5.91 Å². The minimum Gasteiger partial charge on any atom is -0.322 e. The lowest BCUT2D eigenvalue weighted by Gasteiger charge is -2.26. The van der Waals surface area contributed by atoms with Crippen LogP contribution in [-0.2, 0) is 13.0 Å². The standard InChI is InChI=1S/C25H22N4O/c1-2-17-10-12-20(13-11-17)24-21-22(19-8-4-3-5-9-19)27-28-23(21)25(30)29(24)16-18-7-6-14-26-15-18/h3-15,24H,2,16H2,1H3,(H,27,28). The monoisotopic (exact) mass is 394 g/mol. The van der Waals surface area contributed by atoms with Gasteiger partial charge in [0.1, 0.15) is 5.69 Å². The summed E-state index contributed by atoms with van der Waals surface area (Å²) < 4.78 is 0. The van der Waals surface area contributed by atoms with Crippen LogP contribution in [0.3, 0.4) is 0 Å². The van der Waals surface area contributed by atoms with E-state index in [1.54, 1.807) is 6.20 Å². The summed E-state index contributed by atoms with van der Waals surface area (Å²) >= 11 is 0. The highest BCUT2D eigenvalue weighted by Crippen LogP contribution is 2.43. The molecule has 1 aliphatic rings. The number of hydrogen-bond acceptors (Lipinski definition) is 3. The molecular weight excluding hydrogens is 372 g/mol. The second-order valence-electron chi connectivity index (χ2n) is 7.52. The molecule has 1 aliphatic heterocycles. The molecule has 5 heteroatoms. The van der Waals surface area contributed by atoms with Crippen molar-refractivity contribution < 1.29 is 4.79 Å². The van der Waals surface area contributed by atoms with Gasteiger partial charge in [0.2, 0.25) is 0 Å². The number of carbonyl (C=O) groups excluding carboxylic acids is 1. The Hall–Kier alpha value is -3.73. The Morgan fingerprint density at radius 1 is 0.967 bits per heavy atom. The first-order valence-corrected chi connectivity index (χ1v) is 10.2. The molecule has 4 aromatic rings. The van der Waals surface area contributed by atoms with Crippen LogP contribution in [-0.4, -0.2) is 26.0 Å². The van der Waals surface area contributed by atoms with Gasteiger partial charge in [0.05, 0.1) is 11.7 Å². The summed E-state index contributed by atoms with van der Waals surface area (Å²) in [7, 11) is 0. The summed E-state index contributed by atoms with van der Waals surface area (Å²) in [6.45, 7) is 2.63. The largest absolute Gasteiger partial charge is 0.322 e. The molecule has 1 amide bonds. The van der Waals surface area contributed by atoms with Gasteiger partial charge in [0.15, 0.2) is 0 Å². The third kappa shape index (κ3) is 3.08. The number of aromatic nitrogens is 3. The quantitative estimate of drug-likeness (QED) is 0.530. The van der Waals surface area contributed by atoms with Crippen LogP contribution in [0.15, 0.2) is 79.1 Å². The maximum atomic E-state index is 13.4. The molecular formula is C25H22N4O. The molecule has 148 valence electrons. The second kappa shape index (κ2) is 7.59. The van der Waals surface area contributed by atoms with Crippen molar-refractivity contribution in [2.24, 2.45) is 0 Å². The van der Waals surface area contributed by atoms with E-state index in [2.05, 4.69) is 46.4 Å². The minimum absolute atomic E-state index is 0.0342. The van der Waals surface area contributed by atoms with Crippen molar-refractivity contribution in [2.45, 2.75) is 25.9 Å². The van der Waals surface area contributed by atoms with Crippen LogP contribution < -0.4 is 0 Å². The summed E-state index contributed by atoms with van der Waals surface area (Å²) in [6.07, 6.45) is 4.54. The van der Waals surface area contributed by atoms with Crippen molar-refractivity contribution in [3.8, 4) is 11.3 Å². The zero-order valence-electron chi connectivity index (χ0n) is 16.7. The highest BCUT2D eigenvalue weighted by Gasteiger charge is 2.42. The smallest absolute Gasteiger partial charge is 0.273 e. The van der Waals surface area contributed by atoms with Gasteiger partial charge in [-0.15, -0.1) is 0 Å². The molecule has 1 N–H and O–H groups in total. The van der Waals surface area contributed by atoms with Gasteiger partial charge in [-0.05, 0) is 29.2 Å². The molecule has 1 unspecified atom stereocenters. The van der Waals surface area contributed by atoms with Crippen molar-refractivity contribution >= 4 is 5.91 Å². The lowest BCUT2D eigenvalue weighted by atomic mass is 9.95. The van der Waals surface area contributed by atoms with Crippen LogP contribution in [0.4, 0.5) is 0 Å². The van der Waals surface area contributed by atoms with Crippen LogP contribution in [0.25, 0.3) is 11.3 Å². The van der Waals surface area contributed by atoms with Crippen LogP contribution >= 0.6 is 0 Å². The number of benzene rings is 2. The normalized spacial score (nSPS) is 15.4. The molecule has 5 nitrogen and oxygen atoms in total. The van der Waals surface area contributed by atoms with Gasteiger partial charge in [-0.3, -0.25) is 14.9 Å². The van der Waals surface area contributed by atoms with Crippen molar-refractivity contribution in [3.63, 3.8) is 0 Å². The summed E-state index contributed by atoms with van der Waals surface area (Å²) in [4.78, 5) is 19.5. The third-order valence-electron chi connectivity index (χ3n) is 5.69. The molecule has 0 radical (unpaired) electrons. The molecule has 0 aliphatic carbocycles. The lowest BCUT2D eigenvalue weighted by molar-refractivity contribution is 0.0730. The van der Waals surface area contributed by atoms with Crippen molar-refractivity contribution in [3.05, 3.63) is 107 Å². The molecule has 2 aromatic heterocycles. The Kier molecular flexibility index (Phi) is 4.64. The third-order valence-corrected chi connectivity index (χ3v) is 5.69. The van der Waals surface area contributed by atoms with E-state index in [0.29, 0.717) is 12.2 Å². The Labute approximate surface area is 175 Å². The summed E-state index contributed by atoms with van der Waals surface area (Å²) in [5.41, 5.74) is 6.71. The SMILES string of the molecule is CCc1ccc(C2c3c(-c4ccccc4)n[nH]c3C(=O)N2Cc2cccnc2)cc1. The Bertz CT molecular complexity index is 1170. The van der Waals surface area contributed by atoms with Gasteiger partial charge in [-0.25, -0.2) is 0 Å².